The van der Waals surface area contributed by atoms with Crippen molar-refractivity contribution in [2.24, 2.45) is 4.99 Å². The molecule has 1 atom stereocenters. The van der Waals surface area contributed by atoms with Crippen LogP contribution in [-0.2, 0) is 11.2 Å². The molecular formula is C23H32FIN4O2. The van der Waals surface area contributed by atoms with Crippen molar-refractivity contribution in [2.45, 2.75) is 12.5 Å². The van der Waals surface area contributed by atoms with Gasteiger partial charge in [0.2, 0.25) is 0 Å². The minimum atomic E-state index is -0.218. The van der Waals surface area contributed by atoms with Crippen LogP contribution in [0.25, 0.3) is 0 Å². The monoisotopic (exact) mass is 542 g/mol. The van der Waals surface area contributed by atoms with E-state index in [0.29, 0.717) is 19.8 Å². The van der Waals surface area contributed by atoms with E-state index in [0.717, 1.165) is 48.9 Å². The van der Waals surface area contributed by atoms with Crippen LogP contribution in [0.1, 0.15) is 17.2 Å². The molecule has 0 aromatic heterocycles. The van der Waals surface area contributed by atoms with E-state index in [4.69, 9.17) is 9.47 Å². The number of aliphatic imine (C=N–C) groups is 1. The maximum Gasteiger partial charge on any atom is 0.191 e. The van der Waals surface area contributed by atoms with Crippen molar-refractivity contribution in [3.63, 3.8) is 0 Å². The van der Waals surface area contributed by atoms with Gasteiger partial charge >= 0.3 is 0 Å². The van der Waals surface area contributed by atoms with Crippen LogP contribution in [0.15, 0.2) is 53.5 Å². The standard InChI is InChI=1S/C23H31FN4O2.HI/c1-25-23(26-11-10-18-6-3-4-9-22(18)29-2)27-17-21(28-12-14-30-15-13-28)19-7-5-8-20(24)16-19;/h3-9,16,21H,10-15,17H2,1-2H3,(H2,25,26,27);1H. The molecule has 2 aromatic rings. The van der Waals surface area contributed by atoms with Gasteiger partial charge < -0.3 is 20.1 Å². The van der Waals surface area contributed by atoms with Crippen LogP contribution in [0.3, 0.4) is 0 Å². The van der Waals surface area contributed by atoms with Gasteiger partial charge in [-0.2, -0.15) is 0 Å². The van der Waals surface area contributed by atoms with Crippen molar-refractivity contribution in [3.05, 3.63) is 65.5 Å². The highest BCUT2D eigenvalue weighted by Gasteiger charge is 2.23. The lowest BCUT2D eigenvalue weighted by molar-refractivity contribution is 0.0169. The molecule has 31 heavy (non-hydrogen) atoms. The number of para-hydroxylation sites is 1. The molecule has 0 radical (unpaired) electrons. The van der Waals surface area contributed by atoms with E-state index in [1.807, 2.05) is 24.3 Å². The number of guanidine groups is 1. The Morgan fingerprint density at radius 2 is 1.94 bits per heavy atom. The Bertz CT molecular complexity index is 831. The van der Waals surface area contributed by atoms with Crippen LogP contribution < -0.4 is 15.4 Å². The maximum absolute atomic E-state index is 13.8. The van der Waals surface area contributed by atoms with Crippen LogP contribution in [-0.4, -0.2) is 64.4 Å². The SMILES string of the molecule is CN=C(NCCc1ccccc1OC)NCC(c1cccc(F)c1)N1CCOCC1.I. The van der Waals surface area contributed by atoms with Gasteiger partial charge in [-0.25, -0.2) is 4.39 Å². The lowest BCUT2D eigenvalue weighted by Gasteiger charge is -2.35. The highest BCUT2D eigenvalue weighted by Crippen LogP contribution is 2.22. The van der Waals surface area contributed by atoms with Gasteiger partial charge in [0.15, 0.2) is 5.96 Å². The summed E-state index contributed by atoms with van der Waals surface area (Å²) in [6.45, 7) is 4.38. The molecule has 8 heteroatoms. The van der Waals surface area contributed by atoms with Crippen molar-refractivity contribution in [2.75, 3.05) is 53.6 Å². The smallest absolute Gasteiger partial charge is 0.191 e. The summed E-state index contributed by atoms with van der Waals surface area (Å²) in [5.41, 5.74) is 2.10. The van der Waals surface area contributed by atoms with E-state index in [2.05, 4.69) is 26.6 Å². The minimum Gasteiger partial charge on any atom is -0.496 e. The molecule has 6 nitrogen and oxygen atoms in total. The summed E-state index contributed by atoms with van der Waals surface area (Å²) in [6, 6.07) is 14.9. The van der Waals surface area contributed by atoms with E-state index in [9.17, 15) is 4.39 Å². The zero-order valence-electron chi connectivity index (χ0n) is 18.1. The van der Waals surface area contributed by atoms with Crippen LogP contribution in [0.4, 0.5) is 4.39 Å². The normalized spacial score (nSPS) is 15.6. The van der Waals surface area contributed by atoms with Gasteiger partial charge in [0.1, 0.15) is 11.6 Å². The predicted octanol–water partition coefficient (Wildman–Crippen LogP) is 3.23. The predicted molar refractivity (Wildman–Crippen MR) is 133 cm³/mol. The number of ether oxygens (including phenoxy) is 2. The number of methoxy groups -OCH3 is 1. The molecule has 0 amide bonds. The molecule has 1 heterocycles. The summed E-state index contributed by atoms with van der Waals surface area (Å²) >= 11 is 0. The summed E-state index contributed by atoms with van der Waals surface area (Å²) in [5, 5.41) is 6.76. The Morgan fingerprint density at radius 1 is 1.16 bits per heavy atom. The van der Waals surface area contributed by atoms with Gasteiger partial charge in [0, 0.05) is 33.2 Å². The fourth-order valence-corrected chi connectivity index (χ4v) is 3.70. The summed E-state index contributed by atoms with van der Waals surface area (Å²) in [7, 11) is 3.44. The summed E-state index contributed by atoms with van der Waals surface area (Å²) in [6.07, 6.45) is 0.821. The third kappa shape index (κ3) is 7.62. The van der Waals surface area contributed by atoms with Crippen LogP contribution in [0.2, 0.25) is 0 Å². The number of benzene rings is 2. The molecule has 1 aliphatic heterocycles. The first kappa shape index (κ1) is 25.4. The number of rotatable bonds is 8. The fourth-order valence-electron chi connectivity index (χ4n) is 3.70. The highest BCUT2D eigenvalue weighted by molar-refractivity contribution is 14.0. The van der Waals surface area contributed by atoms with Gasteiger partial charge in [0.25, 0.3) is 0 Å². The van der Waals surface area contributed by atoms with E-state index in [1.165, 1.54) is 6.07 Å². The van der Waals surface area contributed by atoms with Gasteiger partial charge in [-0.15, -0.1) is 24.0 Å². The first-order valence-electron chi connectivity index (χ1n) is 10.3. The Hall–Kier alpha value is -1.91. The quantitative estimate of drug-likeness (QED) is 0.305. The first-order chi connectivity index (χ1) is 14.7. The lowest BCUT2D eigenvalue weighted by Crippen LogP contribution is -2.46. The molecule has 1 aliphatic rings. The zero-order chi connectivity index (χ0) is 21.2. The highest BCUT2D eigenvalue weighted by atomic mass is 127. The number of halogens is 2. The zero-order valence-corrected chi connectivity index (χ0v) is 20.5. The molecule has 0 bridgehead atoms. The van der Waals surface area contributed by atoms with Crippen molar-refractivity contribution >= 4 is 29.9 Å². The van der Waals surface area contributed by atoms with E-state index >= 15 is 0 Å². The molecule has 1 saturated heterocycles. The van der Waals surface area contributed by atoms with Crippen molar-refractivity contribution < 1.29 is 13.9 Å². The topological polar surface area (TPSA) is 58.1 Å². The van der Waals surface area contributed by atoms with Crippen LogP contribution in [0, 0.1) is 5.82 Å². The number of nitrogens with zero attached hydrogens (tertiary/aromatic N) is 2. The maximum atomic E-state index is 13.8. The number of hydrogen-bond acceptors (Lipinski definition) is 4. The average molecular weight is 542 g/mol. The Morgan fingerprint density at radius 3 is 2.65 bits per heavy atom. The molecule has 1 fully saturated rings. The van der Waals surface area contributed by atoms with Gasteiger partial charge in [-0.3, -0.25) is 9.89 Å². The first-order valence-corrected chi connectivity index (χ1v) is 10.3. The van der Waals surface area contributed by atoms with E-state index < -0.39 is 0 Å². The molecule has 170 valence electrons. The van der Waals surface area contributed by atoms with Crippen LogP contribution >= 0.6 is 24.0 Å². The third-order valence-electron chi connectivity index (χ3n) is 5.29. The molecule has 3 rings (SSSR count). The molecule has 1 unspecified atom stereocenters. The number of hydrogen-bond donors (Lipinski definition) is 2. The number of nitrogens with one attached hydrogen (secondary N) is 2. The minimum absolute atomic E-state index is 0. The van der Waals surface area contributed by atoms with Crippen molar-refractivity contribution in [1.29, 1.82) is 0 Å². The summed E-state index contributed by atoms with van der Waals surface area (Å²) < 4.78 is 24.7. The Labute approximate surface area is 201 Å². The second-order valence-corrected chi connectivity index (χ2v) is 7.16. The largest absolute Gasteiger partial charge is 0.496 e. The van der Waals surface area contributed by atoms with Gasteiger partial charge in [-0.05, 0) is 35.7 Å². The van der Waals surface area contributed by atoms with Crippen molar-refractivity contribution in [1.82, 2.24) is 15.5 Å². The third-order valence-corrected chi connectivity index (χ3v) is 5.29. The molecule has 2 aromatic carbocycles. The molecule has 0 spiro atoms. The van der Waals surface area contributed by atoms with E-state index in [-0.39, 0.29) is 35.8 Å². The second kappa shape index (κ2) is 13.5. The molecule has 0 saturated carbocycles. The molecular weight excluding hydrogens is 510 g/mol. The van der Waals surface area contributed by atoms with Crippen LogP contribution in [0.5, 0.6) is 5.75 Å². The van der Waals surface area contributed by atoms with Crippen molar-refractivity contribution in [3.8, 4) is 5.75 Å². The van der Waals surface area contributed by atoms with Gasteiger partial charge in [-0.1, -0.05) is 30.3 Å². The molecule has 2 N–H and O–H groups in total. The second-order valence-electron chi connectivity index (χ2n) is 7.16. The lowest BCUT2D eigenvalue weighted by atomic mass is 10.0. The summed E-state index contributed by atoms with van der Waals surface area (Å²) in [5.74, 6) is 1.39. The number of morpholine rings is 1. The average Bonchev–Trinajstić information content (AvgIpc) is 2.79. The fraction of sp³-hybridized carbons (Fsp3) is 0.435. The Kier molecular flexibility index (Phi) is 11.0. The van der Waals surface area contributed by atoms with E-state index in [1.54, 1.807) is 26.3 Å². The Balaban J connectivity index is 0.00000341. The summed E-state index contributed by atoms with van der Waals surface area (Å²) in [4.78, 5) is 6.66. The van der Waals surface area contributed by atoms with Gasteiger partial charge in [0.05, 0.1) is 26.4 Å². The molecule has 0 aliphatic carbocycles.